The van der Waals surface area contributed by atoms with Crippen LogP contribution in [-0.2, 0) is 4.79 Å². The van der Waals surface area contributed by atoms with Crippen LogP contribution in [0.25, 0.3) is 22.0 Å². The average molecular weight is 497 g/mol. The van der Waals surface area contributed by atoms with Crippen LogP contribution >= 0.6 is 0 Å². The highest BCUT2D eigenvalue weighted by molar-refractivity contribution is 5.94. The molecule has 3 aromatic carbocycles. The first-order chi connectivity index (χ1) is 18.0. The molecule has 0 spiro atoms. The molecule has 0 atom stereocenters. The Labute approximate surface area is 215 Å². The molecule has 1 saturated heterocycles. The van der Waals surface area contributed by atoms with E-state index in [0.717, 1.165) is 17.1 Å². The van der Waals surface area contributed by atoms with E-state index < -0.39 is 0 Å². The van der Waals surface area contributed by atoms with Gasteiger partial charge in [0.2, 0.25) is 0 Å². The maximum atomic E-state index is 12.7. The number of ketones is 1. The molecule has 0 radical (unpaired) electrons. The molecule has 4 aromatic rings. The second-order valence-electron chi connectivity index (χ2n) is 8.92. The third-order valence-electron chi connectivity index (χ3n) is 6.57. The second kappa shape index (κ2) is 10.7. The fraction of sp³-hybridized carbons (Fsp3) is 0.241. The van der Waals surface area contributed by atoms with Crippen molar-refractivity contribution in [2.24, 2.45) is 0 Å². The SMILES string of the molecule is COc1cc(C(C)=O)ccc1OCC(=O)N1CCN(c2ccc(-c3ccc4ccccc4c3)nn2)CC1. The van der Waals surface area contributed by atoms with E-state index in [1.807, 2.05) is 24.3 Å². The van der Waals surface area contributed by atoms with Crippen molar-refractivity contribution in [3.63, 3.8) is 0 Å². The number of ether oxygens (including phenoxy) is 2. The number of carbonyl (C=O) groups is 2. The molecule has 1 fully saturated rings. The molecule has 37 heavy (non-hydrogen) atoms. The number of benzene rings is 3. The highest BCUT2D eigenvalue weighted by atomic mass is 16.5. The average Bonchev–Trinajstić information content (AvgIpc) is 2.95. The lowest BCUT2D eigenvalue weighted by Gasteiger charge is -2.35. The molecule has 8 heteroatoms. The molecule has 0 N–H and O–H groups in total. The Morgan fingerprint density at radius 1 is 0.838 bits per heavy atom. The summed E-state index contributed by atoms with van der Waals surface area (Å²) in [6.07, 6.45) is 0. The van der Waals surface area contributed by atoms with Gasteiger partial charge in [-0.1, -0.05) is 36.4 Å². The molecule has 1 aliphatic heterocycles. The molecule has 0 saturated carbocycles. The fourth-order valence-electron chi connectivity index (χ4n) is 4.42. The van der Waals surface area contributed by atoms with Crippen molar-refractivity contribution >= 4 is 28.3 Å². The van der Waals surface area contributed by atoms with Crippen LogP contribution in [0.4, 0.5) is 5.82 Å². The zero-order valence-electron chi connectivity index (χ0n) is 20.9. The maximum Gasteiger partial charge on any atom is 0.260 e. The number of rotatable bonds is 7. The van der Waals surface area contributed by atoms with Crippen LogP contribution in [0, 0.1) is 0 Å². The zero-order valence-corrected chi connectivity index (χ0v) is 20.9. The Bertz CT molecular complexity index is 1430. The maximum absolute atomic E-state index is 12.7. The van der Waals surface area contributed by atoms with E-state index in [2.05, 4.69) is 45.4 Å². The highest BCUT2D eigenvalue weighted by Crippen LogP contribution is 2.28. The van der Waals surface area contributed by atoms with Crippen LogP contribution in [0.1, 0.15) is 17.3 Å². The summed E-state index contributed by atoms with van der Waals surface area (Å²) >= 11 is 0. The van der Waals surface area contributed by atoms with Gasteiger partial charge in [0.15, 0.2) is 29.7 Å². The molecule has 5 rings (SSSR count). The number of nitrogens with zero attached hydrogens (tertiary/aromatic N) is 4. The predicted molar refractivity (Wildman–Crippen MR) is 142 cm³/mol. The summed E-state index contributed by atoms with van der Waals surface area (Å²) in [4.78, 5) is 28.2. The van der Waals surface area contributed by atoms with Gasteiger partial charge in [-0.15, -0.1) is 10.2 Å². The van der Waals surface area contributed by atoms with Crippen molar-refractivity contribution < 1.29 is 19.1 Å². The standard InChI is InChI=1S/C29H28N4O4/c1-20(34)22-9-11-26(27(18-22)36-2)37-19-29(35)33-15-13-32(14-16-33)28-12-10-25(30-31-28)24-8-7-21-5-3-4-6-23(21)17-24/h3-12,17-18H,13-16,19H2,1-2H3. The van der Waals surface area contributed by atoms with Crippen molar-refractivity contribution in [3.05, 3.63) is 78.4 Å². The van der Waals surface area contributed by atoms with Crippen molar-refractivity contribution in [2.45, 2.75) is 6.92 Å². The Hall–Kier alpha value is -4.46. The normalized spacial score (nSPS) is 13.5. The Balaban J connectivity index is 1.16. The summed E-state index contributed by atoms with van der Waals surface area (Å²) in [6, 6.07) is 23.4. The van der Waals surface area contributed by atoms with Gasteiger partial charge in [0, 0.05) is 37.3 Å². The topological polar surface area (TPSA) is 84.9 Å². The number of carbonyl (C=O) groups excluding carboxylic acids is 2. The fourth-order valence-corrected chi connectivity index (χ4v) is 4.42. The van der Waals surface area contributed by atoms with Crippen LogP contribution in [0.15, 0.2) is 72.8 Å². The molecule has 1 amide bonds. The minimum atomic E-state index is -0.102. The molecule has 188 valence electrons. The summed E-state index contributed by atoms with van der Waals surface area (Å²) in [5.74, 6) is 1.49. The van der Waals surface area contributed by atoms with Crippen LogP contribution in [0.2, 0.25) is 0 Å². The number of piperazine rings is 1. The lowest BCUT2D eigenvalue weighted by Crippen LogP contribution is -2.50. The Morgan fingerprint density at radius 2 is 1.62 bits per heavy atom. The van der Waals surface area contributed by atoms with E-state index in [4.69, 9.17) is 9.47 Å². The monoisotopic (exact) mass is 496 g/mol. The van der Waals surface area contributed by atoms with E-state index >= 15 is 0 Å². The van der Waals surface area contributed by atoms with Crippen molar-refractivity contribution in [2.75, 3.05) is 44.8 Å². The van der Waals surface area contributed by atoms with Crippen molar-refractivity contribution in [1.82, 2.24) is 15.1 Å². The van der Waals surface area contributed by atoms with Gasteiger partial charge in [-0.3, -0.25) is 9.59 Å². The molecular formula is C29H28N4O4. The zero-order chi connectivity index (χ0) is 25.8. The molecule has 0 bridgehead atoms. The molecule has 2 heterocycles. The van der Waals surface area contributed by atoms with Gasteiger partial charge in [0.25, 0.3) is 5.91 Å². The summed E-state index contributed by atoms with van der Waals surface area (Å²) in [7, 11) is 1.50. The van der Waals surface area contributed by atoms with Crippen LogP contribution in [-0.4, -0.2) is 66.7 Å². The van der Waals surface area contributed by atoms with Crippen LogP contribution < -0.4 is 14.4 Å². The van der Waals surface area contributed by atoms with Crippen molar-refractivity contribution in [1.29, 1.82) is 0 Å². The predicted octanol–water partition coefficient (Wildman–Crippen LogP) is 4.24. The molecule has 1 aromatic heterocycles. The van der Waals surface area contributed by atoms with Crippen LogP contribution in [0.5, 0.6) is 11.5 Å². The quantitative estimate of drug-likeness (QED) is 0.354. The minimum Gasteiger partial charge on any atom is -0.493 e. The largest absolute Gasteiger partial charge is 0.493 e. The number of amides is 1. The first kappa shape index (κ1) is 24.2. The van der Waals surface area contributed by atoms with E-state index in [9.17, 15) is 9.59 Å². The first-order valence-electron chi connectivity index (χ1n) is 12.2. The van der Waals surface area contributed by atoms with E-state index in [1.54, 1.807) is 23.1 Å². The van der Waals surface area contributed by atoms with E-state index in [-0.39, 0.29) is 18.3 Å². The lowest BCUT2D eigenvalue weighted by atomic mass is 10.1. The van der Waals surface area contributed by atoms with Gasteiger partial charge in [-0.05, 0) is 54.1 Å². The van der Waals surface area contributed by atoms with Gasteiger partial charge >= 0.3 is 0 Å². The number of hydrogen-bond acceptors (Lipinski definition) is 7. The number of anilines is 1. The smallest absolute Gasteiger partial charge is 0.260 e. The Morgan fingerprint density at radius 3 is 2.32 bits per heavy atom. The van der Waals surface area contributed by atoms with Crippen LogP contribution in [0.3, 0.4) is 0 Å². The summed E-state index contributed by atoms with van der Waals surface area (Å²) in [6.45, 7) is 3.84. The molecular weight excluding hydrogens is 468 g/mol. The van der Waals surface area contributed by atoms with Crippen molar-refractivity contribution in [3.8, 4) is 22.8 Å². The van der Waals surface area contributed by atoms with Gasteiger partial charge in [0.1, 0.15) is 0 Å². The van der Waals surface area contributed by atoms with Gasteiger partial charge < -0.3 is 19.3 Å². The second-order valence-corrected chi connectivity index (χ2v) is 8.92. The lowest BCUT2D eigenvalue weighted by molar-refractivity contribution is -0.133. The summed E-state index contributed by atoms with van der Waals surface area (Å²) < 4.78 is 11.0. The number of aromatic nitrogens is 2. The Kier molecular flexibility index (Phi) is 6.98. The molecule has 1 aliphatic rings. The number of methoxy groups -OCH3 is 1. The van der Waals surface area contributed by atoms with E-state index in [0.29, 0.717) is 43.2 Å². The number of Topliss-reactive ketones (excluding diaryl/α,β-unsaturated/α-hetero) is 1. The van der Waals surface area contributed by atoms with E-state index in [1.165, 1.54) is 24.8 Å². The number of hydrogen-bond donors (Lipinski definition) is 0. The van der Waals surface area contributed by atoms with Gasteiger partial charge in [-0.2, -0.15) is 0 Å². The minimum absolute atomic E-state index is 0.0631. The molecule has 0 aliphatic carbocycles. The molecule has 8 nitrogen and oxygen atoms in total. The van der Waals surface area contributed by atoms with Gasteiger partial charge in [-0.25, -0.2) is 0 Å². The molecule has 0 unspecified atom stereocenters. The summed E-state index contributed by atoms with van der Waals surface area (Å²) in [5.41, 5.74) is 2.38. The highest BCUT2D eigenvalue weighted by Gasteiger charge is 2.23. The van der Waals surface area contributed by atoms with Gasteiger partial charge in [0.05, 0.1) is 12.8 Å². The number of fused-ring (bicyclic) bond motifs is 1. The summed E-state index contributed by atoms with van der Waals surface area (Å²) in [5, 5.41) is 11.3. The third-order valence-corrected chi connectivity index (χ3v) is 6.57. The third kappa shape index (κ3) is 5.38. The first-order valence-corrected chi connectivity index (χ1v) is 12.2.